The third kappa shape index (κ3) is 2.76. The maximum Gasteiger partial charge on any atom is 0.180 e. The Hall–Kier alpha value is -3.15. The van der Waals surface area contributed by atoms with Gasteiger partial charge in [-0.05, 0) is 80.4 Å². The predicted octanol–water partition coefficient (Wildman–Crippen LogP) is 4.40. The molecule has 0 amide bonds. The van der Waals surface area contributed by atoms with Crippen molar-refractivity contribution in [3.05, 3.63) is 94.5 Å². The van der Waals surface area contributed by atoms with Crippen molar-refractivity contribution in [3.63, 3.8) is 0 Å². The van der Waals surface area contributed by atoms with E-state index in [1.807, 2.05) is 36.4 Å². The Morgan fingerprint density at radius 1 is 1.00 bits per heavy atom. The van der Waals surface area contributed by atoms with Gasteiger partial charge in [-0.3, -0.25) is 4.79 Å². The fourth-order valence-electron chi connectivity index (χ4n) is 8.79. The standard InChI is InChI=1S/C33H33NO4/c1-34-16-15-32-27-23-11-12-25(37-19-21-7-3-2-4-8-21)28(27)38-30(32)29(35)31(20-33(32,36)26(34)17-23)14-13-22-9-5-6-10-24(22)18-31/h2-12,26,30,36H,13-20H2,1H3/t26-,30+,31-,32+,33-/m1/s1. The van der Waals surface area contributed by atoms with E-state index in [0.29, 0.717) is 37.4 Å². The van der Waals surface area contributed by atoms with E-state index in [1.165, 1.54) is 16.7 Å². The number of carbonyl (C=O) groups excluding carboxylic acids is 1. The van der Waals surface area contributed by atoms with Crippen LogP contribution < -0.4 is 9.47 Å². The molecule has 2 bridgehead atoms. The second kappa shape index (κ2) is 7.71. The second-order valence-electron chi connectivity index (χ2n) is 12.3. The van der Waals surface area contributed by atoms with E-state index in [4.69, 9.17) is 9.47 Å². The molecule has 5 nitrogen and oxygen atoms in total. The van der Waals surface area contributed by atoms with Crippen LogP contribution in [0.3, 0.4) is 0 Å². The molecular weight excluding hydrogens is 474 g/mol. The fourth-order valence-corrected chi connectivity index (χ4v) is 8.79. The van der Waals surface area contributed by atoms with Crippen molar-refractivity contribution in [3.8, 4) is 11.5 Å². The van der Waals surface area contributed by atoms with E-state index in [1.54, 1.807) is 0 Å². The Balaban J connectivity index is 1.26. The molecule has 1 saturated heterocycles. The molecule has 0 unspecified atom stereocenters. The zero-order valence-corrected chi connectivity index (χ0v) is 21.8. The quantitative estimate of drug-likeness (QED) is 0.570. The number of hydrogen-bond donors (Lipinski definition) is 1. The predicted molar refractivity (Wildman–Crippen MR) is 144 cm³/mol. The van der Waals surface area contributed by atoms with Gasteiger partial charge >= 0.3 is 0 Å². The summed E-state index contributed by atoms with van der Waals surface area (Å²) in [7, 11) is 2.13. The molecule has 194 valence electrons. The molecule has 3 aromatic rings. The Morgan fingerprint density at radius 2 is 1.79 bits per heavy atom. The summed E-state index contributed by atoms with van der Waals surface area (Å²) in [6.07, 6.45) is 3.58. The first kappa shape index (κ1) is 22.8. The molecule has 1 saturated carbocycles. The molecule has 5 heteroatoms. The average Bonchev–Trinajstić information content (AvgIpc) is 3.29. The van der Waals surface area contributed by atoms with Gasteiger partial charge in [0.15, 0.2) is 23.4 Å². The van der Waals surface area contributed by atoms with Crippen molar-refractivity contribution in [1.29, 1.82) is 0 Å². The third-order valence-electron chi connectivity index (χ3n) is 10.6. The van der Waals surface area contributed by atoms with E-state index in [2.05, 4.69) is 42.3 Å². The number of piperidine rings is 1. The number of carbonyl (C=O) groups is 1. The Kier molecular flexibility index (Phi) is 4.62. The minimum absolute atomic E-state index is 0.0426. The summed E-state index contributed by atoms with van der Waals surface area (Å²) in [4.78, 5) is 17.0. The van der Waals surface area contributed by atoms with Gasteiger partial charge in [-0.2, -0.15) is 0 Å². The van der Waals surface area contributed by atoms with Crippen LogP contribution in [0.2, 0.25) is 0 Å². The molecule has 1 N–H and O–H groups in total. The first-order chi connectivity index (χ1) is 18.5. The number of rotatable bonds is 3. The highest BCUT2D eigenvalue weighted by atomic mass is 16.5. The summed E-state index contributed by atoms with van der Waals surface area (Å²) in [6, 6.07) is 22.7. The number of likely N-dealkylation sites (N-methyl/N-ethyl adjacent to an activating group) is 1. The molecule has 2 fully saturated rings. The Bertz CT molecular complexity index is 1470. The van der Waals surface area contributed by atoms with E-state index in [-0.39, 0.29) is 11.8 Å². The highest BCUT2D eigenvalue weighted by molar-refractivity contribution is 5.95. The Morgan fingerprint density at radius 3 is 2.63 bits per heavy atom. The third-order valence-corrected chi connectivity index (χ3v) is 10.6. The van der Waals surface area contributed by atoms with Gasteiger partial charge in [0.25, 0.3) is 0 Å². The van der Waals surface area contributed by atoms with Gasteiger partial charge in [0, 0.05) is 17.0 Å². The van der Waals surface area contributed by atoms with Gasteiger partial charge in [0.2, 0.25) is 0 Å². The fraction of sp³-hybridized carbons (Fsp3) is 0.424. The second-order valence-corrected chi connectivity index (χ2v) is 12.3. The van der Waals surface area contributed by atoms with Crippen molar-refractivity contribution in [1.82, 2.24) is 4.90 Å². The molecule has 5 atom stereocenters. The van der Waals surface area contributed by atoms with Crippen LogP contribution in [0.1, 0.15) is 47.1 Å². The van der Waals surface area contributed by atoms with Crippen LogP contribution in [0.15, 0.2) is 66.7 Å². The lowest BCUT2D eigenvalue weighted by molar-refractivity contribution is -0.208. The molecule has 2 aliphatic heterocycles. The zero-order valence-electron chi connectivity index (χ0n) is 21.8. The van der Waals surface area contributed by atoms with Gasteiger partial charge < -0.3 is 19.5 Å². The number of likely N-dealkylation sites (tertiary alicyclic amines) is 1. The molecule has 5 aliphatic rings. The van der Waals surface area contributed by atoms with Crippen molar-refractivity contribution in [2.24, 2.45) is 5.41 Å². The van der Waals surface area contributed by atoms with Crippen LogP contribution in [-0.4, -0.2) is 47.1 Å². The van der Waals surface area contributed by atoms with Crippen LogP contribution in [0.4, 0.5) is 0 Å². The number of ketones is 1. The van der Waals surface area contributed by atoms with E-state index >= 15 is 0 Å². The number of benzene rings is 3. The van der Waals surface area contributed by atoms with Crippen LogP contribution in [0.25, 0.3) is 0 Å². The van der Waals surface area contributed by atoms with Crippen LogP contribution >= 0.6 is 0 Å². The summed E-state index contributed by atoms with van der Waals surface area (Å²) in [5.41, 5.74) is 3.50. The summed E-state index contributed by atoms with van der Waals surface area (Å²) >= 11 is 0. The molecular formula is C33H33NO4. The van der Waals surface area contributed by atoms with Crippen LogP contribution in [0, 0.1) is 5.41 Å². The molecule has 2 heterocycles. The smallest absolute Gasteiger partial charge is 0.180 e. The summed E-state index contributed by atoms with van der Waals surface area (Å²) < 4.78 is 13.1. The average molecular weight is 508 g/mol. The molecule has 8 rings (SSSR count). The monoisotopic (exact) mass is 507 g/mol. The normalized spacial score (nSPS) is 34.4. The first-order valence-electron chi connectivity index (χ1n) is 14.0. The van der Waals surface area contributed by atoms with Gasteiger partial charge in [0.1, 0.15) is 6.61 Å². The lowest BCUT2D eigenvalue weighted by Gasteiger charge is -2.65. The van der Waals surface area contributed by atoms with Gasteiger partial charge in [-0.1, -0.05) is 60.7 Å². The van der Waals surface area contributed by atoms with Gasteiger partial charge in [-0.25, -0.2) is 0 Å². The molecule has 3 aromatic carbocycles. The van der Waals surface area contributed by atoms with E-state index in [9.17, 15) is 9.90 Å². The van der Waals surface area contributed by atoms with Crippen LogP contribution in [0.5, 0.6) is 11.5 Å². The number of fused-ring (bicyclic) bond motifs is 1. The number of nitrogens with zero attached hydrogens (tertiary/aromatic N) is 1. The van der Waals surface area contributed by atoms with Gasteiger partial charge in [0.05, 0.1) is 11.0 Å². The largest absolute Gasteiger partial charge is 0.485 e. The number of Topliss-reactive ketones (excluding diaryl/α,β-unsaturated/α-hetero) is 1. The summed E-state index contributed by atoms with van der Waals surface area (Å²) in [5.74, 6) is 1.54. The maximum absolute atomic E-state index is 14.7. The summed E-state index contributed by atoms with van der Waals surface area (Å²) in [5, 5.41) is 12.9. The van der Waals surface area contributed by atoms with Crippen molar-refractivity contribution < 1.29 is 19.4 Å². The van der Waals surface area contributed by atoms with E-state index in [0.717, 1.165) is 36.9 Å². The highest BCUT2D eigenvalue weighted by Crippen LogP contribution is 2.68. The lowest BCUT2D eigenvalue weighted by Crippen LogP contribution is -2.79. The molecule has 0 aromatic heterocycles. The summed E-state index contributed by atoms with van der Waals surface area (Å²) in [6.45, 7) is 1.27. The molecule has 38 heavy (non-hydrogen) atoms. The maximum atomic E-state index is 14.7. The topological polar surface area (TPSA) is 59.0 Å². The minimum Gasteiger partial charge on any atom is -0.485 e. The lowest BCUT2D eigenvalue weighted by atomic mass is 9.43. The molecule has 3 aliphatic carbocycles. The van der Waals surface area contributed by atoms with Crippen molar-refractivity contribution in [2.75, 3.05) is 13.6 Å². The number of aliphatic hydroxyl groups is 1. The number of ether oxygens (including phenoxy) is 2. The number of hydrogen-bond acceptors (Lipinski definition) is 5. The number of aryl methyl sites for hydroxylation is 1. The SMILES string of the molecule is CN1CC[C@]23c4c5ccc(OCc6ccccc6)c4O[C@H]2C(=O)[C@@]2(CCc4ccccc4C2)C[C@@]3(O)[C@H]1C5. The minimum atomic E-state index is -1.04. The van der Waals surface area contributed by atoms with Gasteiger partial charge in [-0.15, -0.1) is 0 Å². The van der Waals surface area contributed by atoms with Crippen molar-refractivity contribution in [2.45, 2.75) is 68.3 Å². The molecule has 2 spiro atoms. The van der Waals surface area contributed by atoms with E-state index < -0.39 is 22.5 Å². The Labute approximate surface area is 223 Å². The molecule has 0 radical (unpaired) electrons. The van der Waals surface area contributed by atoms with Crippen LogP contribution in [-0.2, 0) is 36.1 Å². The first-order valence-corrected chi connectivity index (χ1v) is 14.0. The highest BCUT2D eigenvalue weighted by Gasteiger charge is 2.77. The zero-order chi connectivity index (χ0) is 25.7. The van der Waals surface area contributed by atoms with Crippen molar-refractivity contribution >= 4 is 5.78 Å².